The molecule has 1 aromatic carbocycles. The number of nitrogens with two attached hydrogens (primary N) is 1. The van der Waals surface area contributed by atoms with Gasteiger partial charge in [-0.1, -0.05) is 19.9 Å². The molecule has 4 N–H and O–H groups in total. The Kier molecular flexibility index (Phi) is 5.70. The Bertz CT molecular complexity index is 548. The van der Waals surface area contributed by atoms with Gasteiger partial charge in [0.1, 0.15) is 11.8 Å². The number of aliphatic hydroxyl groups is 1. The molecule has 21 heavy (non-hydrogen) atoms. The summed E-state index contributed by atoms with van der Waals surface area (Å²) in [6, 6.07) is 6.57. The van der Waals surface area contributed by atoms with E-state index < -0.39 is 11.8 Å². The number of amides is 1. The third-order valence-electron chi connectivity index (χ3n) is 2.87. The van der Waals surface area contributed by atoms with E-state index in [2.05, 4.69) is 5.32 Å². The van der Waals surface area contributed by atoms with Gasteiger partial charge in [0.15, 0.2) is 0 Å². The average molecular weight is 291 g/mol. The number of anilines is 1. The quantitative estimate of drug-likeness (QED) is 0.721. The number of nitrogens with zero attached hydrogens (tertiary/aromatic N) is 1. The lowest BCUT2D eigenvalue weighted by molar-refractivity contribution is 0.0218. The molecule has 0 bridgehead atoms. The Labute approximate surface area is 124 Å². The Balaban J connectivity index is 3.04. The number of hydrogen-bond donors (Lipinski definition) is 3. The first-order chi connectivity index (χ1) is 9.80. The van der Waals surface area contributed by atoms with Crippen LogP contribution in [0.1, 0.15) is 38.3 Å². The van der Waals surface area contributed by atoms with Gasteiger partial charge in [0, 0.05) is 0 Å². The van der Waals surface area contributed by atoms with Crippen molar-refractivity contribution in [2.24, 2.45) is 11.7 Å². The minimum atomic E-state index is -1.51. The van der Waals surface area contributed by atoms with Gasteiger partial charge in [-0.15, -0.1) is 0 Å². The van der Waals surface area contributed by atoms with Gasteiger partial charge < -0.3 is 9.84 Å². The fourth-order valence-electron chi connectivity index (χ4n) is 2.03. The van der Waals surface area contributed by atoms with Crippen LogP contribution < -0.4 is 11.1 Å². The zero-order chi connectivity index (χ0) is 16.0. The maximum atomic E-state index is 11.4. The molecule has 0 aliphatic heterocycles. The molecule has 0 heterocycles. The van der Waals surface area contributed by atoms with E-state index in [1.54, 1.807) is 13.0 Å². The van der Waals surface area contributed by atoms with Crippen molar-refractivity contribution in [3.05, 3.63) is 29.3 Å². The van der Waals surface area contributed by atoms with Gasteiger partial charge in [-0.25, -0.2) is 4.79 Å². The van der Waals surface area contributed by atoms with Gasteiger partial charge in [0.05, 0.1) is 17.9 Å². The molecule has 0 fully saturated rings. The second kappa shape index (κ2) is 7.07. The molecule has 1 aromatic rings. The lowest BCUT2D eigenvalue weighted by Gasteiger charge is -2.26. The second-order valence-electron chi connectivity index (χ2n) is 5.24. The second-order valence-corrected chi connectivity index (χ2v) is 5.24. The van der Waals surface area contributed by atoms with Crippen molar-refractivity contribution in [1.82, 2.24) is 0 Å². The predicted octanol–water partition coefficient (Wildman–Crippen LogP) is 2.28. The third-order valence-corrected chi connectivity index (χ3v) is 2.87. The topological polar surface area (TPSA) is 108 Å². The summed E-state index contributed by atoms with van der Waals surface area (Å²) in [6.07, 6.45) is -0.269. The standard InChI is InChI=1S/C15H21N3O3/c1-4-21-14(19)18-13-6-5-12(7-11(13)9-16)15(17,20)8-10(2)3/h5-7,10,20H,4,8,17H2,1-3H3,(H,18,19). The normalized spacial score (nSPS) is 13.4. The van der Waals surface area contributed by atoms with Gasteiger partial charge >= 0.3 is 6.09 Å². The molecule has 0 aliphatic rings. The number of hydrogen-bond acceptors (Lipinski definition) is 5. The van der Waals surface area contributed by atoms with Crippen molar-refractivity contribution in [1.29, 1.82) is 5.26 Å². The van der Waals surface area contributed by atoms with E-state index >= 15 is 0 Å². The molecule has 1 rings (SSSR count). The third kappa shape index (κ3) is 4.74. The Hall–Kier alpha value is -2.10. The number of nitriles is 1. The van der Waals surface area contributed by atoms with Crippen LogP contribution in [0.4, 0.5) is 10.5 Å². The smallest absolute Gasteiger partial charge is 0.411 e. The molecule has 6 heteroatoms. The van der Waals surface area contributed by atoms with E-state index in [-0.39, 0.29) is 18.1 Å². The van der Waals surface area contributed by atoms with Crippen LogP contribution in [0.15, 0.2) is 18.2 Å². The van der Waals surface area contributed by atoms with Crippen molar-refractivity contribution in [2.75, 3.05) is 11.9 Å². The average Bonchev–Trinajstić information content (AvgIpc) is 2.37. The van der Waals surface area contributed by atoms with E-state index in [1.807, 2.05) is 19.9 Å². The Morgan fingerprint density at radius 3 is 2.76 bits per heavy atom. The summed E-state index contributed by atoms with van der Waals surface area (Å²) in [7, 11) is 0. The van der Waals surface area contributed by atoms with Crippen LogP contribution in [0.2, 0.25) is 0 Å². The highest BCUT2D eigenvalue weighted by atomic mass is 16.5. The number of rotatable bonds is 5. The van der Waals surface area contributed by atoms with Crippen LogP contribution in [-0.2, 0) is 10.5 Å². The van der Waals surface area contributed by atoms with Crippen LogP contribution in [0.3, 0.4) is 0 Å². The van der Waals surface area contributed by atoms with Crippen molar-refractivity contribution in [2.45, 2.75) is 32.9 Å². The highest BCUT2D eigenvalue weighted by molar-refractivity contribution is 5.86. The number of nitrogens with one attached hydrogen (secondary N) is 1. The molecule has 1 unspecified atom stereocenters. The van der Waals surface area contributed by atoms with Crippen molar-refractivity contribution in [3.63, 3.8) is 0 Å². The highest BCUT2D eigenvalue weighted by Crippen LogP contribution is 2.27. The van der Waals surface area contributed by atoms with E-state index in [9.17, 15) is 9.90 Å². The maximum Gasteiger partial charge on any atom is 0.411 e. The molecule has 0 saturated carbocycles. The van der Waals surface area contributed by atoms with Gasteiger partial charge in [0.2, 0.25) is 0 Å². The Morgan fingerprint density at radius 2 is 2.24 bits per heavy atom. The summed E-state index contributed by atoms with van der Waals surface area (Å²) in [5, 5.41) is 21.9. The molecule has 1 atom stereocenters. The van der Waals surface area contributed by atoms with E-state index in [0.29, 0.717) is 17.7 Å². The van der Waals surface area contributed by atoms with Gasteiger partial charge in [-0.2, -0.15) is 5.26 Å². The molecule has 0 aromatic heterocycles. The predicted molar refractivity (Wildman–Crippen MR) is 79.3 cm³/mol. The van der Waals surface area contributed by atoms with Crippen LogP contribution in [0, 0.1) is 17.2 Å². The fourth-order valence-corrected chi connectivity index (χ4v) is 2.03. The molecule has 0 saturated heterocycles. The monoisotopic (exact) mass is 291 g/mol. The molecule has 114 valence electrons. The largest absolute Gasteiger partial charge is 0.450 e. The highest BCUT2D eigenvalue weighted by Gasteiger charge is 2.26. The number of benzene rings is 1. The summed E-state index contributed by atoms with van der Waals surface area (Å²) in [4.78, 5) is 11.4. The van der Waals surface area contributed by atoms with Crippen LogP contribution in [-0.4, -0.2) is 17.8 Å². The SMILES string of the molecule is CCOC(=O)Nc1ccc(C(N)(O)CC(C)C)cc1C#N. The molecule has 6 nitrogen and oxygen atoms in total. The first kappa shape index (κ1) is 17.0. The van der Waals surface area contributed by atoms with E-state index in [4.69, 9.17) is 15.7 Å². The van der Waals surface area contributed by atoms with Crippen LogP contribution in [0.25, 0.3) is 0 Å². The lowest BCUT2D eigenvalue weighted by atomic mass is 9.92. The molecule has 0 aliphatic carbocycles. The molecular formula is C15H21N3O3. The summed E-state index contributed by atoms with van der Waals surface area (Å²) in [5.74, 6) is 0.197. The zero-order valence-electron chi connectivity index (χ0n) is 12.5. The van der Waals surface area contributed by atoms with Gasteiger partial charge in [-0.3, -0.25) is 11.1 Å². The number of carbonyl (C=O) groups is 1. The Morgan fingerprint density at radius 1 is 1.57 bits per heavy atom. The molecule has 0 radical (unpaired) electrons. The summed E-state index contributed by atoms with van der Waals surface area (Å²) < 4.78 is 4.76. The lowest BCUT2D eigenvalue weighted by Crippen LogP contribution is -2.37. The van der Waals surface area contributed by atoms with E-state index in [1.165, 1.54) is 12.1 Å². The first-order valence-corrected chi connectivity index (χ1v) is 6.79. The fraction of sp³-hybridized carbons (Fsp3) is 0.467. The van der Waals surface area contributed by atoms with Crippen molar-refractivity contribution >= 4 is 11.8 Å². The molecular weight excluding hydrogens is 270 g/mol. The van der Waals surface area contributed by atoms with Crippen molar-refractivity contribution < 1.29 is 14.6 Å². The summed E-state index contributed by atoms with van der Waals surface area (Å²) in [5.41, 5.74) is 5.35. The molecule has 0 spiro atoms. The van der Waals surface area contributed by atoms with Crippen molar-refractivity contribution in [3.8, 4) is 6.07 Å². The first-order valence-electron chi connectivity index (χ1n) is 6.79. The van der Waals surface area contributed by atoms with Gasteiger partial charge in [0.25, 0.3) is 0 Å². The molecule has 1 amide bonds. The minimum absolute atomic E-state index is 0.197. The summed E-state index contributed by atoms with van der Waals surface area (Å²) >= 11 is 0. The van der Waals surface area contributed by atoms with E-state index in [0.717, 1.165) is 0 Å². The summed E-state index contributed by atoms with van der Waals surface area (Å²) in [6.45, 7) is 5.82. The zero-order valence-corrected chi connectivity index (χ0v) is 12.5. The maximum absolute atomic E-state index is 11.4. The van der Waals surface area contributed by atoms with Crippen LogP contribution >= 0.6 is 0 Å². The number of ether oxygens (including phenoxy) is 1. The minimum Gasteiger partial charge on any atom is -0.450 e. The number of carbonyl (C=O) groups excluding carboxylic acids is 1. The van der Waals surface area contributed by atoms with Gasteiger partial charge in [-0.05, 0) is 37.0 Å². The van der Waals surface area contributed by atoms with Crippen LogP contribution in [0.5, 0.6) is 0 Å².